The summed E-state index contributed by atoms with van der Waals surface area (Å²) in [6.45, 7) is 0. The van der Waals surface area contributed by atoms with Gasteiger partial charge >= 0.3 is 453 Å². The van der Waals surface area contributed by atoms with Crippen molar-refractivity contribution < 1.29 is 39.7 Å². The van der Waals surface area contributed by atoms with Crippen LogP contribution in [-0.2, 0) is 0 Å². The van der Waals surface area contributed by atoms with Crippen molar-refractivity contribution in [1.29, 1.82) is 0 Å². The molecule has 1 nitrogen and oxygen atoms in total. The summed E-state index contributed by atoms with van der Waals surface area (Å²) >= 11 is 0. The summed E-state index contributed by atoms with van der Waals surface area (Å²) in [6, 6.07) is 0. The van der Waals surface area contributed by atoms with Gasteiger partial charge < -0.3 is 39.7 Å². The molecule has 0 spiro atoms. The molecule has 0 aromatic rings. The molecule has 13 heteroatoms. The fourth-order valence-electron chi connectivity index (χ4n) is 0. The Bertz CT molecular complexity index is 39.7. The van der Waals surface area contributed by atoms with E-state index < -0.39 is 0 Å². The summed E-state index contributed by atoms with van der Waals surface area (Å²) in [5.41, 5.74) is 0. The van der Waals surface area contributed by atoms with E-state index >= 15 is 0 Å². The van der Waals surface area contributed by atoms with E-state index in [1.165, 1.54) is 0 Å². The zero-order valence-electron chi connectivity index (χ0n) is 33.0. The average molecular weight is 523 g/mol. The third-order valence-electron chi connectivity index (χ3n) is 0. The second-order valence-corrected chi connectivity index (χ2v) is 0. The molecule has 0 saturated carbocycles. The van der Waals surface area contributed by atoms with Gasteiger partial charge in [-0.15, -0.1) is 0 Å². The fraction of sp³-hybridized carbons (Fsp3) is 0. The first-order valence-electron chi connectivity index (χ1n) is 0. The summed E-state index contributed by atoms with van der Waals surface area (Å²) in [6.07, 6.45) is 0. The molecule has 0 unspecified atom stereocenters. The molecule has 0 radical (unpaired) electrons. The van der Waals surface area contributed by atoms with E-state index in [2.05, 4.69) is 0 Å². The molecule has 0 amide bonds. The van der Waals surface area contributed by atoms with E-state index in [0.717, 1.165) is 0 Å². The van der Waals surface area contributed by atoms with Gasteiger partial charge in [-0.2, -0.15) is 0 Å². The molecule has 0 aromatic carbocycles. The minimum atomic E-state index is 0. The van der Waals surface area contributed by atoms with Gasteiger partial charge in [-0.25, -0.2) is 0 Å². The van der Waals surface area contributed by atoms with Crippen molar-refractivity contribution in [3.63, 3.8) is 0 Å². The average Bonchev–Trinajstić information content (AvgIpc) is 0. The van der Waals surface area contributed by atoms with E-state index in [4.69, 9.17) is 0 Å². The molecule has 0 atom stereocenters. The van der Waals surface area contributed by atoms with Gasteiger partial charge in [-0.1, -0.05) is 0 Å². The molecule has 0 aliphatic rings. The molecule has 0 aromatic heterocycles. The van der Waals surface area contributed by atoms with Gasteiger partial charge in [0.25, 0.3) is 0 Å². The standard InChI is InChI=1S/12Ca.H2O.24H/h;;;;;;;;;;;;1H2;;;;;;;;;;;;;;;;;;;;;;;;/q12*+2;;24*-1. The summed E-state index contributed by atoms with van der Waals surface area (Å²) in [4.78, 5) is 0. The summed E-state index contributed by atoms with van der Waals surface area (Å²) in [7, 11) is 0. The second kappa shape index (κ2) is 81.0. The Hall–Kier alpha value is 15.1. The van der Waals surface area contributed by atoms with E-state index in [0.29, 0.717) is 0 Å². The minimum absolute atomic E-state index is 0. The Morgan fingerprint density at radius 2 is 0.231 bits per heavy atom. The Kier molecular flexibility index (Phi) is 564. The Labute approximate surface area is 476 Å². The Balaban J connectivity index is 0. The van der Waals surface area contributed by atoms with Crippen molar-refractivity contribution in [2.24, 2.45) is 0 Å². The van der Waals surface area contributed by atoms with E-state index in [9.17, 15) is 0 Å². The van der Waals surface area contributed by atoms with Crippen LogP contribution in [0.25, 0.3) is 0 Å². The molecule has 0 bridgehead atoms. The Morgan fingerprint density at radius 3 is 0.231 bits per heavy atom. The number of hydrogen-bond donors (Lipinski definition) is 0. The van der Waals surface area contributed by atoms with Crippen LogP contribution in [0.5, 0.6) is 0 Å². The molecular formula is H26Ca12O. The van der Waals surface area contributed by atoms with Crippen LogP contribution >= 0.6 is 0 Å². The topological polar surface area (TPSA) is 31.5 Å². The van der Waals surface area contributed by atoms with Crippen molar-refractivity contribution in [2.75, 3.05) is 0 Å². The van der Waals surface area contributed by atoms with Crippen LogP contribution in [0.15, 0.2) is 0 Å². The van der Waals surface area contributed by atoms with Crippen LogP contribution < -0.4 is 0 Å². The molecule has 0 saturated heterocycles. The van der Waals surface area contributed by atoms with Crippen molar-refractivity contribution >= 4 is 453 Å². The van der Waals surface area contributed by atoms with Crippen molar-refractivity contribution in [3.8, 4) is 0 Å². The second-order valence-electron chi connectivity index (χ2n) is 0. The first kappa shape index (κ1) is 90.6. The van der Waals surface area contributed by atoms with E-state index in [1.807, 2.05) is 0 Å². The van der Waals surface area contributed by atoms with Crippen LogP contribution in [0.2, 0.25) is 0 Å². The number of rotatable bonds is 0. The van der Waals surface area contributed by atoms with Crippen LogP contribution in [-0.4, -0.2) is 458 Å². The molecular weight excluding hydrogens is 497 g/mol. The van der Waals surface area contributed by atoms with Gasteiger partial charge in [-0.05, 0) is 0 Å². The van der Waals surface area contributed by atoms with Gasteiger partial charge in [0, 0.05) is 0 Å². The summed E-state index contributed by atoms with van der Waals surface area (Å²) in [5.74, 6) is 0. The van der Waals surface area contributed by atoms with Crippen molar-refractivity contribution in [2.45, 2.75) is 0 Å². The first-order valence-corrected chi connectivity index (χ1v) is 0. The molecule has 2 N–H and O–H groups in total. The van der Waals surface area contributed by atoms with Crippen LogP contribution in [0.4, 0.5) is 0 Å². The molecule has 0 aliphatic heterocycles. The maximum absolute atomic E-state index is 0. The third-order valence-corrected chi connectivity index (χ3v) is 0. The predicted molar refractivity (Wildman–Crippen MR) is 99.3 cm³/mol. The van der Waals surface area contributed by atoms with Crippen molar-refractivity contribution in [3.05, 3.63) is 0 Å². The maximum Gasteiger partial charge on any atom is 2.00 e. The smallest absolute Gasteiger partial charge is 1.00 e. The van der Waals surface area contributed by atoms with Crippen molar-refractivity contribution in [1.82, 2.24) is 0 Å². The maximum atomic E-state index is 0. The molecule has 0 fully saturated rings. The molecule has 0 heterocycles. The van der Waals surface area contributed by atoms with E-state index in [1.54, 1.807) is 0 Å². The zero-order valence-corrected chi connectivity index (χ0v) is 35.5. The zero-order chi connectivity index (χ0) is 0. The van der Waals surface area contributed by atoms with Gasteiger partial charge in [-0.3, -0.25) is 0 Å². The molecule has 13 heavy (non-hydrogen) atoms. The Morgan fingerprint density at radius 1 is 0.231 bits per heavy atom. The summed E-state index contributed by atoms with van der Waals surface area (Å²) < 4.78 is 0. The van der Waals surface area contributed by atoms with Crippen LogP contribution in [0, 0.1) is 0 Å². The largest absolute Gasteiger partial charge is 2.00 e. The predicted octanol–water partition coefficient (Wildman–Crippen LogP) is -2.69. The molecule has 56 valence electrons. The van der Waals surface area contributed by atoms with Gasteiger partial charge in [0.1, 0.15) is 0 Å². The number of hydrogen-bond acceptors (Lipinski definition) is 0. The molecule has 0 rings (SSSR count). The monoisotopic (exact) mass is 522 g/mol. The van der Waals surface area contributed by atoms with Crippen LogP contribution in [0.3, 0.4) is 0 Å². The SMILES string of the molecule is O.[Ca+2].[Ca+2].[Ca+2].[Ca+2].[Ca+2].[Ca+2].[Ca+2].[Ca+2].[Ca+2].[Ca+2].[Ca+2].[Ca+2].[H-].[H-].[H-].[H-].[H-].[H-].[H-].[H-].[H-].[H-].[H-].[H-].[H-].[H-].[H-].[H-].[H-].[H-].[H-].[H-].[H-].[H-].[H-].[H-]. The van der Waals surface area contributed by atoms with E-state index in [-0.39, 0.29) is 493 Å². The minimum Gasteiger partial charge on any atom is -1.00 e. The fourth-order valence-corrected chi connectivity index (χ4v) is 0. The summed E-state index contributed by atoms with van der Waals surface area (Å²) in [5, 5.41) is 0. The van der Waals surface area contributed by atoms with Gasteiger partial charge in [0.15, 0.2) is 0 Å². The van der Waals surface area contributed by atoms with Gasteiger partial charge in [0.05, 0.1) is 0 Å². The van der Waals surface area contributed by atoms with Gasteiger partial charge in [0.2, 0.25) is 0 Å². The quantitative estimate of drug-likeness (QED) is 0.310. The molecule has 0 aliphatic carbocycles. The first-order chi connectivity index (χ1) is 0. The normalized spacial score (nSPS) is 0. The van der Waals surface area contributed by atoms with Crippen LogP contribution in [0.1, 0.15) is 34.2 Å². The third kappa shape index (κ3) is 74.9.